The molecule has 26 heavy (non-hydrogen) atoms. The van der Waals surface area contributed by atoms with Crippen molar-refractivity contribution < 1.29 is 14.7 Å². The lowest BCUT2D eigenvalue weighted by Gasteiger charge is -2.53. The van der Waals surface area contributed by atoms with Crippen molar-refractivity contribution in [1.82, 2.24) is 0 Å². The number of aliphatic hydroxyl groups is 1. The minimum absolute atomic E-state index is 0.0132. The van der Waals surface area contributed by atoms with Crippen LogP contribution in [0.3, 0.4) is 0 Å². The van der Waals surface area contributed by atoms with Gasteiger partial charge in [0.05, 0.1) is 4.43 Å². The summed E-state index contributed by atoms with van der Waals surface area (Å²) >= 11 is 2.09. The van der Waals surface area contributed by atoms with E-state index < -0.39 is 11.0 Å². The van der Waals surface area contributed by atoms with Crippen LogP contribution in [0.15, 0.2) is 35.5 Å². The number of alkyl halides is 1. The third-order valence-electron chi connectivity index (χ3n) is 8.08. The Bertz CT molecular complexity index is 778. The van der Waals surface area contributed by atoms with Crippen LogP contribution in [0, 0.1) is 28.6 Å². The Morgan fingerprint density at radius 1 is 1.38 bits per heavy atom. The number of carbonyl (C=O) groups excluding carboxylic acids is 2. The largest absolute Gasteiger partial charge is 0.381 e. The summed E-state index contributed by atoms with van der Waals surface area (Å²) in [6.07, 6.45) is 11.5. The highest BCUT2D eigenvalue weighted by atomic mass is 127. The lowest BCUT2D eigenvalue weighted by Crippen LogP contribution is -2.57. The Balaban J connectivity index is 1.79. The zero-order chi connectivity index (χ0) is 18.9. The Morgan fingerprint density at radius 3 is 2.81 bits per heavy atom. The van der Waals surface area contributed by atoms with Crippen molar-refractivity contribution in [2.24, 2.45) is 28.6 Å². The van der Waals surface area contributed by atoms with Crippen LogP contribution in [-0.4, -0.2) is 26.7 Å². The molecule has 0 saturated heterocycles. The average Bonchev–Trinajstić information content (AvgIpc) is 2.83. The molecular weight excluding hydrogens is 439 g/mol. The summed E-state index contributed by atoms with van der Waals surface area (Å²) in [5, 5.41) is 11.6. The number of carbonyl (C=O) groups is 2. The normalized spacial score (nSPS) is 46.8. The molecule has 140 valence electrons. The standard InChI is InChI=1S/C22H27IO3/c1-13-10-18-16-5-4-14-11-15(24)6-8-20(14,2)17(16)7-9-21(18,3)22(13,26)19(25)12-23/h6-8,11,13,16,18,26H,4-5,9-10,12H2,1-3H3/t13-,16+,18-,20-,21-,22-/m0/s1. The van der Waals surface area contributed by atoms with E-state index in [9.17, 15) is 14.7 Å². The number of rotatable bonds is 2. The second-order valence-corrected chi connectivity index (χ2v) is 9.86. The highest BCUT2D eigenvalue weighted by molar-refractivity contribution is 14.1. The third-order valence-corrected chi connectivity index (χ3v) is 8.77. The van der Waals surface area contributed by atoms with Crippen LogP contribution in [0.4, 0.5) is 0 Å². The maximum atomic E-state index is 12.8. The monoisotopic (exact) mass is 466 g/mol. The van der Waals surface area contributed by atoms with Crippen LogP contribution >= 0.6 is 22.6 Å². The van der Waals surface area contributed by atoms with Gasteiger partial charge >= 0.3 is 0 Å². The van der Waals surface area contributed by atoms with Gasteiger partial charge < -0.3 is 5.11 Å². The van der Waals surface area contributed by atoms with Gasteiger partial charge in [0.25, 0.3) is 0 Å². The van der Waals surface area contributed by atoms with Gasteiger partial charge in [-0.2, -0.15) is 0 Å². The van der Waals surface area contributed by atoms with Crippen molar-refractivity contribution in [2.75, 3.05) is 4.43 Å². The van der Waals surface area contributed by atoms with Crippen molar-refractivity contribution in [1.29, 1.82) is 0 Å². The third kappa shape index (κ3) is 2.15. The topological polar surface area (TPSA) is 54.4 Å². The van der Waals surface area contributed by atoms with Gasteiger partial charge in [0.2, 0.25) is 0 Å². The summed E-state index contributed by atoms with van der Waals surface area (Å²) in [4.78, 5) is 24.6. The van der Waals surface area contributed by atoms with E-state index in [0.29, 0.717) is 16.3 Å². The van der Waals surface area contributed by atoms with Crippen LogP contribution in [-0.2, 0) is 9.59 Å². The number of fused-ring (bicyclic) bond motifs is 5. The molecule has 0 bridgehead atoms. The predicted octanol–water partition coefficient (Wildman–Crippen LogP) is 4.20. The Morgan fingerprint density at radius 2 is 2.12 bits per heavy atom. The van der Waals surface area contributed by atoms with E-state index in [4.69, 9.17) is 0 Å². The highest BCUT2D eigenvalue weighted by Gasteiger charge is 2.66. The maximum Gasteiger partial charge on any atom is 0.178 e. The summed E-state index contributed by atoms with van der Waals surface area (Å²) in [6.45, 7) is 6.40. The fourth-order valence-electron chi connectivity index (χ4n) is 6.56. The smallest absolute Gasteiger partial charge is 0.178 e. The number of allylic oxidation sites excluding steroid dienone is 6. The van der Waals surface area contributed by atoms with E-state index in [-0.39, 0.29) is 22.9 Å². The molecule has 0 aliphatic heterocycles. The molecule has 0 aromatic heterocycles. The number of halogens is 1. The van der Waals surface area contributed by atoms with E-state index in [1.54, 1.807) is 6.08 Å². The molecule has 0 aromatic rings. The predicted molar refractivity (Wildman–Crippen MR) is 110 cm³/mol. The fourth-order valence-corrected chi connectivity index (χ4v) is 7.14. The quantitative estimate of drug-likeness (QED) is 0.377. The van der Waals surface area contributed by atoms with Crippen molar-refractivity contribution in [3.63, 3.8) is 0 Å². The van der Waals surface area contributed by atoms with Crippen LogP contribution < -0.4 is 0 Å². The van der Waals surface area contributed by atoms with Crippen molar-refractivity contribution in [3.05, 3.63) is 35.5 Å². The molecule has 0 aromatic carbocycles. The lowest BCUT2D eigenvalue weighted by molar-refractivity contribution is -0.155. The summed E-state index contributed by atoms with van der Waals surface area (Å²) in [5.41, 5.74) is 0.834. The fraction of sp³-hybridized carbons (Fsp3) is 0.636. The van der Waals surface area contributed by atoms with Crippen molar-refractivity contribution in [3.8, 4) is 0 Å². The van der Waals surface area contributed by atoms with Gasteiger partial charge in [-0.25, -0.2) is 0 Å². The molecule has 2 fully saturated rings. The molecule has 4 rings (SSSR count). The summed E-state index contributed by atoms with van der Waals surface area (Å²) < 4.78 is 0.359. The average molecular weight is 466 g/mol. The molecule has 0 unspecified atom stereocenters. The van der Waals surface area contributed by atoms with Gasteiger partial charge in [-0.1, -0.05) is 59.7 Å². The molecule has 6 atom stereocenters. The first-order valence-electron chi connectivity index (χ1n) is 9.65. The Labute approximate surface area is 169 Å². The first-order valence-corrected chi connectivity index (χ1v) is 11.2. The van der Waals surface area contributed by atoms with E-state index >= 15 is 0 Å². The second kappa shape index (κ2) is 5.87. The molecule has 2 saturated carbocycles. The SMILES string of the molecule is C[C@H]1C[C@H]2[C@@H]3CCC4=CC(=O)C=C[C@]4(C)C3=CC[C@]2(C)[C@@]1(O)C(=O)CI. The minimum atomic E-state index is -1.23. The molecule has 1 N–H and O–H groups in total. The first-order chi connectivity index (χ1) is 12.2. The Hall–Kier alpha value is -0.750. The van der Waals surface area contributed by atoms with E-state index in [1.807, 2.05) is 13.0 Å². The molecule has 4 heteroatoms. The summed E-state index contributed by atoms with van der Waals surface area (Å²) in [6, 6.07) is 0. The second-order valence-electron chi connectivity index (χ2n) is 9.10. The zero-order valence-electron chi connectivity index (χ0n) is 15.7. The molecule has 0 amide bonds. The molecule has 4 aliphatic rings. The van der Waals surface area contributed by atoms with Gasteiger partial charge in [-0.15, -0.1) is 0 Å². The van der Waals surface area contributed by atoms with Crippen LogP contribution in [0.5, 0.6) is 0 Å². The Kier molecular flexibility index (Phi) is 4.20. The maximum absolute atomic E-state index is 12.8. The molecule has 0 spiro atoms. The van der Waals surface area contributed by atoms with Crippen LogP contribution in [0.2, 0.25) is 0 Å². The summed E-state index contributed by atoms with van der Waals surface area (Å²) in [7, 11) is 0. The van der Waals surface area contributed by atoms with E-state index in [0.717, 1.165) is 25.7 Å². The van der Waals surface area contributed by atoms with Gasteiger partial charge in [-0.3, -0.25) is 9.59 Å². The number of hydrogen-bond donors (Lipinski definition) is 1. The molecular formula is C22H27IO3. The highest BCUT2D eigenvalue weighted by Crippen LogP contribution is 2.66. The first kappa shape index (κ1) is 18.6. The van der Waals surface area contributed by atoms with Crippen LogP contribution in [0.25, 0.3) is 0 Å². The van der Waals surface area contributed by atoms with Crippen molar-refractivity contribution in [2.45, 2.75) is 52.1 Å². The van der Waals surface area contributed by atoms with Gasteiger partial charge in [0, 0.05) is 10.8 Å². The van der Waals surface area contributed by atoms with Crippen LogP contribution in [0.1, 0.15) is 46.5 Å². The summed E-state index contributed by atoms with van der Waals surface area (Å²) in [5.74, 6) is 0.763. The molecule has 4 aliphatic carbocycles. The number of ketones is 2. The van der Waals surface area contributed by atoms with Crippen molar-refractivity contribution >= 4 is 34.2 Å². The number of Topliss-reactive ketones (excluding diaryl/α,β-unsaturated/α-hetero) is 1. The molecule has 0 radical (unpaired) electrons. The van der Waals surface area contributed by atoms with Gasteiger partial charge in [-0.05, 0) is 62.5 Å². The minimum Gasteiger partial charge on any atom is -0.381 e. The van der Waals surface area contributed by atoms with E-state index in [1.165, 1.54) is 11.1 Å². The molecule has 3 nitrogen and oxygen atoms in total. The lowest BCUT2D eigenvalue weighted by atomic mass is 9.51. The van der Waals surface area contributed by atoms with Gasteiger partial charge in [0.15, 0.2) is 11.6 Å². The van der Waals surface area contributed by atoms with E-state index in [2.05, 4.69) is 48.6 Å². The molecule has 0 heterocycles. The zero-order valence-corrected chi connectivity index (χ0v) is 17.9. The van der Waals surface area contributed by atoms with Gasteiger partial charge in [0.1, 0.15) is 5.60 Å². The number of hydrogen-bond acceptors (Lipinski definition) is 3.